The number of anilines is 1. The van der Waals surface area contributed by atoms with Crippen LogP contribution in [0.5, 0.6) is 0 Å². The Balaban J connectivity index is 1.60. The third kappa shape index (κ3) is 3.43. The minimum atomic E-state index is -0.0993. The number of pyridine rings is 1. The molecule has 146 valence electrons. The smallest absolute Gasteiger partial charge is 0.276 e. The summed E-state index contributed by atoms with van der Waals surface area (Å²) in [6, 6.07) is 7.53. The maximum absolute atomic E-state index is 12.6. The number of carbonyl (C=O) groups is 1. The molecule has 7 nitrogen and oxygen atoms in total. The highest BCUT2D eigenvalue weighted by atomic mass is 35.5. The summed E-state index contributed by atoms with van der Waals surface area (Å²) in [5.41, 5.74) is 9.22. The Labute approximate surface area is 168 Å². The number of hydrogen-bond donors (Lipinski definition) is 1. The van der Waals surface area contributed by atoms with Crippen LogP contribution in [0.4, 0.5) is 5.69 Å². The first-order chi connectivity index (χ1) is 13.6. The van der Waals surface area contributed by atoms with Crippen molar-refractivity contribution in [3.8, 4) is 0 Å². The summed E-state index contributed by atoms with van der Waals surface area (Å²) in [5, 5.41) is 5.45. The number of benzene rings is 1. The lowest BCUT2D eigenvalue weighted by molar-refractivity contribution is 0.0736. The molecular weight excluding hydrogens is 378 g/mol. The Morgan fingerprint density at radius 2 is 2.07 bits per heavy atom. The molecule has 8 heteroatoms. The first-order valence-electron chi connectivity index (χ1n) is 9.32. The molecule has 2 N–H and O–H groups in total. The van der Waals surface area contributed by atoms with Crippen LogP contribution in [0.15, 0.2) is 35.0 Å². The van der Waals surface area contributed by atoms with Crippen molar-refractivity contribution in [1.29, 1.82) is 0 Å². The number of hydrogen-bond acceptors (Lipinski definition) is 6. The Hall–Kier alpha value is -2.64. The first-order valence-corrected chi connectivity index (χ1v) is 9.70. The molecule has 2 aromatic heterocycles. The van der Waals surface area contributed by atoms with Gasteiger partial charge in [-0.15, -0.1) is 0 Å². The van der Waals surface area contributed by atoms with Crippen LogP contribution in [0, 0.1) is 6.92 Å². The predicted molar refractivity (Wildman–Crippen MR) is 109 cm³/mol. The molecule has 4 rings (SSSR count). The SMILES string of the molecule is Cc1cc(C(=O)N2CCN(c3c(CCN)cc(Cl)c4cccnc34)CC2)no1. The van der Waals surface area contributed by atoms with Crippen molar-refractivity contribution < 1.29 is 9.32 Å². The van der Waals surface area contributed by atoms with Gasteiger partial charge in [-0.25, -0.2) is 0 Å². The molecule has 1 aliphatic rings. The minimum absolute atomic E-state index is 0.0993. The van der Waals surface area contributed by atoms with Gasteiger partial charge >= 0.3 is 0 Å². The number of fused-ring (bicyclic) bond motifs is 1. The average molecular weight is 400 g/mol. The van der Waals surface area contributed by atoms with Gasteiger partial charge in [-0.3, -0.25) is 9.78 Å². The lowest BCUT2D eigenvalue weighted by atomic mass is 10.0. The van der Waals surface area contributed by atoms with E-state index in [1.165, 1.54) is 0 Å². The average Bonchev–Trinajstić information content (AvgIpc) is 3.15. The second-order valence-corrected chi connectivity index (χ2v) is 7.31. The number of nitrogens with two attached hydrogens (primary N) is 1. The molecule has 0 unspecified atom stereocenters. The van der Waals surface area contributed by atoms with Crippen LogP contribution in [0.25, 0.3) is 10.9 Å². The molecule has 0 aliphatic carbocycles. The van der Waals surface area contributed by atoms with E-state index in [4.69, 9.17) is 21.9 Å². The maximum atomic E-state index is 12.6. The molecule has 0 atom stereocenters. The summed E-state index contributed by atoms with van der Waals surface area (Å²) in [6.07, 6.45) is 2.50. The fourth-order valence-electron chi connectivity index (χ4n) is 3.70. The zero-order valence-corrected chi connectivity index (χ0v) is 16.4. The van der Waals surface area contributed by atoms with E-state index >= 15 is 0 Å². The van der Waals surface area contributed by atoms with Gasteiger partial charge < -0.3 is 20.1 Å². The largest absolute Gasteiger partial charge is 0.366 e. The Bertz CT molecular complexity index is 1010. The zero-order chi connectivity index (χ0) is 19.7. The number of aromatic nitrogens is 2. The van der Waals surface area contributed by atoms with Crippen molar-refractivity contribution in [3.05, 3.63) is 52.5 Å². The molecule has 1 saturated heterocycles. The molecular formula is C20H22ClN5O2. The standard InChI is InChI=1S/C20H22ClN5O2/c1-13-11-17(24-28-13)20(27)26-9-7-25(8-10-26)19-14(4-5-22)12-16(21)15-3-2-6-23-18(15)19/h2-3,6,11-12H,4-5,7-10,22H2,1H3. The fraction of sp³-hybridized carbons (Fsp3) is 0.350. The Morgan fingerprint density at radius 1 is 1.29 bits per heavy atom. The van der Waals surface area contributed by atoms with E-state index in [0.29, 0.717) is 49.2 Å². The van der Waals surface area contributed by atoms with Gasteiger partial charge in [0.15, 0.2) is 5.69 Å². The molecule has 3 heterocycles. The van der Waals surface area contributed by atoms with Crippen molar-refractivity contribution in [2.45, 2.75) is 13.3 Å². The van der Waals surface area contributed by atoms with Crippen LogP contribution < -0.4 is 10.6 Å². The van der Waals surface area contributed by atoms with Crippen molar-refractivity contribution in [2.75, 3.05) is 37.6 Å². The number of carbonyl (C=O) groups excluding carboxylic acids is 1. The summed E-state index contributed by atoms with van der Waals surface area (Å²) < 4.78 is 5.03. The number of halogens is 1. The highest BCUT2D eigenvalue weighted by molar-refractivity contribution is 6.36. The number of amides is 1. The number of aryl methyl sites for hydroxylation is 1. The van der Waals surface area contributed by atoms with Crippen LogP contribution >= 0.6 is 11.6 Å². The van der Waals surface area contributed by atoms with E-state index in [2.05, 4.69) is 15.0 Å². The maximum Gasteiger partial charge on any atom is 0.276 e. The molecule has 1 aliphatic heterocycles. The minimum Gasteiger partial charge on any atom is -0.366 e. The van der Waals surface area contributed by atoms with E-state index in [1.54, 1.807) is 19.2 Å². The molecule has 1 fully saturated rings. The molecule has 1 amide bonds. The van der Waals surface area contributed by atoms with E-state index in [9.17, 15) is 4.79 Å². The second-order valence-electron chi connectivity index (χ2n) is 6.91. The lowest BCUT2D eigenvalue weighted by Gasteiger charge is -2.37. The highest BCUT2D eigenvalue weighted by Crippen LogP contribution is 2.35. The van der Waals surface area contributed by atoms with Gasteiger partial charge in [0.05, 0.1) is 16.2 Å². The van der Waals surface area contributed by atoms with Gasteiger partial charge in [-0.2, -0.15) is 0 Å². The number of nitrogens with zero attached hydrogens (tertiary/aromatic N) is 4. The topological polar surface area (TPSA) is 88.5 Å². The third-order valence-corrected chi connectivity index (χ3v) is 5.35. The normalized spacial score (nSPS) is 14.7. The van der Waals surface area contributed by atoms with Crippen LogP contribution in [0.3, 0.4) is 0 Å². The summed E-state index contributed by atoms with van der Waals surface area (Å²) in [5.74, 6) is 0.532. The van der Waals surface area contributed by atoms with E-state index in [1.807, 2.05) is 23.1 Å². The predicted octanol–water partition coefficient (Wildman–Crippen LogP) is 2.65. The number of rotatable bonds is 4. The van der Waals surface area contributed by atoms with Crippen molar-refractivity contribution in [3.63, 3.8) is 0 Å². The van der Waals surface area contributed by atoms with Gasteiger partial charge in [0.25, 0.3) is 5.91 Å². The molecule has 0 radical (unpaired) electrons. The first kappa shape index (κ1) is 18.7. The summed E-state index contributed by atoms with van der Waals surface area (Å²) >= 11 is 6.48. The quantitative estimate of drug-likeness (QED) is 0.725. The molecule has 28 heavy (non-hydrogen) atoms. The van der Waals surface area contributed by atoms with E-state index in [0.717, 1.165) is 28.6 Å². The molecule has 0 bridgehead atoms. The highest BCUT2D eigenvalue weighted by Gasteiger charge is 2.26. The van der Waals surface area contributed by atoms with E-state index in [-0.39, 0.29) is 5.91 Å². The monoisotopic (exact) mass is 399 g/mol. The molecule has 1 aromatic carbocycles. The lowest BCUT2D eigenvalue weighted by Crippen LogP contribution is -2.49. The summed E-state index contributed by atoms with van der Waals surface area (Å²) in [7, 11) is 0. The van der Waals surface area contributed by atoms with Crippen LogP contribution in [-0.4, -0.2) is 53.7 Å². The number of piperazine rings is 1. The van der Waals surface area contributed by atoms with Crippen molar-refractivity contribution in [2.24, 2.45) is 5.73 Å². The Morgan fingerprint density at radius 3 is 2.75 bits per heavy atom. The van der Waals surface area contributed by atoms with Gasteiger partial charge in [0.2, 0.25) is 0 Å². The van der Waals surface area contributed by atoms with Crippen LogP contribution in [0.1, 0.15) is 21.8 Å². The Kier molecular flexibility index (Phi) is 5.19. The van der Waals surface area contributed by atoms with Crippen LogP contribution in [0.2, 0.25) is 5.02 Å². The molecule has 0 spiro atoms. The molecule has 0 saturated carbocycles. The second kappa shape index (κ2) is 7.77. The summed E-state index contributed by atoms with van der Waals surface area (Å²) in [6.45, 7) is 4.92. The zero-order valence-electron chi connectivity index (χ0n) is 15.7. The van der Waals surface area contributed by atoms with Crippen LogP contribution in [-0.2, 0) is 6.42 Å². The fourth-order valence-corrected chi connectivity index (χ4v) is 3.98. The van der Waals surface area contributed by atoms with Gasteiger partial charge in [-0.05, 0) is 43.7 Å². The summed E-state index contributed by atoms with van der Waals surface area (Å²) in [4.78, 5) is 21.3. The van der Waals surface area contributed by atoms with Crippen molar-refractivity contribution >= 4 is 34.1 Å². The van der Waals surface area contributed by atoms with Gasteiger partial charge in [0, 0.05) is 43.8 Å². The third-order valence-electron chi connectivity index (χ3n) is 5.04. The van der Waals surface area contributed by atoms with Gasteiger partial charge in [0.1, 0.15) is 5.76 Å². The molecule has 3 aromatic rings. The van der Waals surface area contributed by atoms with E-state index < -0.39 is 0 Å². The van der Waals surface area contributed by atoms with Crippen molar-refractivity contribution in [1.82, 2.24) is 15.0 Å². The van der Waals surface area contributed by atoms with Gasteiger partial charge in [-0.1, -0.05) is 16.8 Å².